The molecule has 1 rings (SSSR count). The topological polar surface area (TPSA) is 27.7 Å². The van der Waals surface area contributed by atoms with Crippen molar-refractivity contribution in [3.05, 3.63) is 28.2 Å². The van der Waals surface area contributed by atoms with Gasteiger partial charge in [0.2, 0.25) is 0 Å². The summed E-state index contributed by atoms with van der Waals surface area (Å²) in [6.45, 7) is 5.88. The highest BCUT2D eigenvalue weighted by atomic mass is 79.9. The predicted octanol–water partition coefficient (Wildman–Crippen LogP) is 3.40. The van der Waals surface area contributed by atoms with Crippen LogP contribution in [0.1, 0.15) is 19.4 Å². The van der Waals surface area contributed by atoms with E-state index in [1.165, 1.54) is 0 Å². The van der Waals surface area contributed by atoms with Gasteiger partial charge >= 0.3 is 0 Å². The van der Waals surface area contributed by atoms with Crippen molar-refractivity contribution >= 4 is 15.9 Å². The molecule has 3 nitrogen and oxygen atoms in total. The molecule has 1 aromatic rings. The van der Waals surface area contributed by atoms with E-state index in [9.17, 15) is 0 Å². The quantitative estimate of drug-likeness (QED) is 0.772. The third kappa shape index (κ3) is 5.06. The number of methoxy groups -OCH3 is 1. The normalized spacial score (nSPS) is 12.5. The zero-order valence-electron chi connectivity index (χ0n) is 10.5. The molecule has 1 atom stereocenters. The van der Waals surface area contributed by atoms with Crippen LogP contribution in [0.3, 0.4) is 0 Å². The van der Waals surface area contributed by atoms with Crippen LogP contribution in [0.5, 0.6) is 5.75 Å². The molecular formula is C13H19BrO3. The van der Waals surface area contributed by atoms with Crippen molar-refractivity contribution in [2.24, 2.45) is 0 Å². The van der Waals surface area contributed by atoms with Crippen LogP contribution in [0.2, 0.25) is 0 Å². The van der Waals surface area contributed by atoms with Crippen molar-refractivity contribution in [1.82, 2.24) is 0 Å². The molecule has 0 N–H and O–H groups in total. The van der Waals surface area contributed by atoms with Gasteiger partial charge in [-0.25, -0.2) is 0 Å². The Labute approximate surface area is 111 Å². The number of halogens is 1. The van der Waals surface area contributed by atoms with Gasteiger partial charge in [0.1, 0.15) is 5.75 Å². The average Bonchev–Trinajstić information content (AvgIpc) is 2.31. The first-order chi connectivity index (χ1) is 8.17. The van der Waals surface area contributed by atoms with Gasteiger partial charge in [-0.3, -0.25) is 0 Å². The maximum Gasteiger partial charge on any atom is 0.133 e. The molecule has 0 bridgehead atoms. The highest BCUT2D eigenvalue weighted by Crippen LogP contribution is 2.25. The third-order valence-corrected chi connectivity index (χ3v) is 2.94. The Morgan fingerprint density at radius 3 is 2.76 bits per heavy atom. The minimum absolute atomic E-state index is 0.136. The maximum atomic E-state index is 5.58. The van der Waals surface area contributed by atoms with E-state index in [1.54, 1.807) is 7.11 Å². The van der Waals surface area contributed by atoms with Crippen LogP contribution < -0.4 is 4.74 Å². The highest BCUT2D eigenvalue weighted by Gasteiger charge is 2.04. The molecule has 0 radical (unpaired) electrons. The fourth-order valence-electron chi connectivity index (χ4n) is 1.47. The zero-order valence-corrected chi connectivity index (χ0v) is 12.1. The van der Waals surface area contributed by atoms with Gasteiger partial charge in [-0.15, -0.1) is 0 Å². The molecule has 96 valence electrons. The molecule has 4 heteroatoms. The Morgan fingerprint density at radius 2 is 2.12 bits per heavy atom. The monoisotopic (exact) mass is 302 g/mol. The lowest BCUT2D eigenvalue weighted by Crippen LogP contribution is -2.15. The van der Waals surface area contributed by atoms with E-state index in [0.717, 1.165) is 22.4 Å². The number of hydrogen-bond acceptors (Lipinski definition) is 3. The molecule has 0 aliphatic rings. The highest BCUT2D eigenvalue weighted by molar-refractivity contribution is 9.10. The Balaban J connectivity index is 2.41. The van der Waals surface area contributed by atoms with Gasteiger partial charge in [0.05, 0.1) is 30.9 Å². The first-order valence-corrected chi connectivity index (χ1v) is 6.48. The predicted molar refractivity (Wildman–Crippen MR) is 71.4 cm³/mol. The van der Waals surface area contributed by atoms with Crippen LogP contribution in [-0.4, -0.2) is 26.4 Å². The summed E-state index contributed by atoms with van der Waals surface area (Å²) in [5, 5.41) is 0. The Morgan fingerprint density at radius 1 is 1.35 bits per heavy atom. The second-order valence-electron chi connectivity index (χ2n) is 3.75. The molecule has 0 amide bonds. The van der Waals surface area contributed by atoms with Crippen LogP contribution in [0.15, 0.2) is 22.7 Å². The van der Waals surface area contributed by atoms with Gasteiger partial charge in [-0.1, -0.05) is 6.07 Å². The van der Waals surface area contributed by atoms with Gasteiger partial charge in [0, 0.05) is 6.61 Å². The van der Waals surface area contributed by atoms with Crippen molar-refractivity contribution in [2.45, 2.75) is 26.6 Å². The molecule has 1 unspecified atom stereocenters. The molecule has 17 heavy (non-hydrogen) atoms. The van der Waals surface area contributed by atoms with Gasteiger partial charge in [0.15, 0.2) is 0 Å². The van der Waals surface area contributed by atoms with Gasteiger partial charge in [0.25, 0.3) is 0 Å². The molecule has 0 aliphatic heterocycles. The molecule has 1 aromatic carbocycles. The lowest BCUT2D eigenvalue weighted by atomic mass is 10.2. The Bertz CT molecular complexity index is 341. The summed E-state index contributed by atoms with van der Waals surface area (Å²) < 4.78 is 17.1. The van der Waals surface area contributed by atoms with E-state index < -0.39 is 0 Å². The summed E-state index contributed by atoms with van der Waals surface area (Å²) in [7, 11) is 1.65. The Hall–Kier alpha value is -0.580. The smallest absolute Gasteiger partial charge is 0.133 e. The van der Waals surface area contributed by atoms with E-state index in [-0.39, 0.29) is 6.10 Å². The second-order valence-corrected chi connectivity index (χ2v) is 4.60. The average molecular weight is 303 g/mol. The van der Waals surface area contributed by atoms with Crippen LogP contribution in [0.25, 0.3) is 0 Å². The van der Waals surface area contributed by atoms with Crippen molar-refractivity contribution < 1.29 is 14.2 Å². The third-order valence-electron chi connectivity index (χ3n) is 2.29. The lowest BCUT2D eigenvalue weighted by Gasteiger charge is -2.12. The summed E-state index contributed by atoms with van der Waals surface area (Å²) in [5.74, 6) is 0.823. The minimum atomic E-state index is 0.136. The molecule has 0 saturated carbocycles. The first kappa shape index (κ1) is 14.5. The lowest BCUT2D eigenvalue weighted by molar-refractivity contribution is -0.00715. The van der Waals surface area contributed by atoms with Gasteiger partial charge in [-0.2, -0.15) is 0 Å². The standard InChI is InChI=1S/C13H19BrO3/c1-4-17-10(2)8-16-9-11-5-6-12(14)13(7-11)15-3/h5-7,10H,4,8-9H2,1-3H3. The van der Waals surface area contributed by atoms with Crippen LogP contribution in [0, 0.1) is 0 Å². The number of ether oxygens (including phenoxy) is 3. The largest absolute Gasteiger partial charge is 0.496 e. The SMILES string of the molecule is CCOC(C)COCc1ccc(Br)c(OC)c1. The van der Waals surface area contributed by atoms with Crippen LogP contribution in [-0.2, 0) is 16.1 Å². The molecule has 0 aromatic heterocycles. The van der Waals surface area contributed by atoms with Crippen molar-refractivity contribution in [3.63, 3.8) is 0 Å². The molecule has 0 spiro atoms. The molecule has 0 heterocycles. The van der Waals surface area contributed by atoms with Crippen LogP contribution >= 0.6 is 15.9 Å². The van der Waals surface area contributed by atoms with Gasteiger partial charge in [-0.05, 0) is 47.5 Å². The minimum Gasteiger partial charge on any atom is -0.496 e. The summed E-state index contributed by atoms with van der Waals surface area (Å²) in [5.41, 5.74) is 1.09. The maximum absolute atomic E-state index is 5.58. The second kappa shape index (κ2) is 7.69. The summed E-state index contributed by atoms with van der Waals surface area (Å²) >= 11 is 3.42. The van der Waals surface area contributed by atoms with Crippen molar-refractivity contribution in [3.8, 4) is 5.75 Å². The molecule has 0 fully saturated rings. The van der Waals surface area contributed by atoms with Crippen LogP contribution in [0.4, 0.5) is 0 Å². The molecule has 0 aliphatic carbocycles. The van der Waals surface area contributed by atoms with E-state index in [0.29, 0.717) is 13.2 Å². The number of rotatable bonds is 7. The van der Waals surface area contributed by atoms with E-state index in [1.807, 2.05) is 32.0 Å². The van der Waals surface area contributed by atoms with E-state index >= 15 is 0 Å². The molecular weight excluding hydrogens is 284 g/mol. The Kier molecular flexibility index (Phi) is 6.55. The number of hydrogen-bond donors (Lipinski definition) is 0. The first-order valence-electron chi connectivity index (χ1n) is 5.69. The zero-order chi connectivity index (χ0) is 12.7. The van der Waals surface area contributed by atoms with E-state index in [4.69, 9.17) is 14.2 Å². The summed E-state index contributed by atoms with van der Waals surface area (Å²) in [6.07, 6.45) is 0.136. The fraction of sp³-hybridized carbons (Fsp3) is 0.538. The van der Waals surface area contributed by atoms with Crippen molar-refractivity contribution in [2.75, 3.05) is 20.3 Å². The molecule has 0 saturated heterocycles. The van der Waals surface area contributed by atoms with Gasteiger partial charge < -0.3 is 14.2 Å². The van der Waals surface area contributed by atoms with Crippen molar-refractivity contribution in [1.29, 1.82) is 0 Å². The summed E-state index contributed by atoms with van der Waals surface area (Å²) in [4.78, 5) is 0. The van der Waals surface area contributed by atoms with E-state index in [2.05, 4.69) is 15.9 Å². The number of benzene rings is 1. The fourth-order valence-corrected chi connectivity index (χ4v) is 1.88. The summed E-state index contributed by atoms with van der Waals surface area (Å²) in [6, 6.07) is 5.94.